The van der Waals surface area contributed by atoms with E-state index in [4.69, 9.17) is 12.2 Å². The average Bonchev–Trinajstić information content (AvgIpc) is 3.31. The van der Waals surface area contributed by atoms with Crippen LogP contribution in [0.1, 0.15) is 26.7 Å². The fraction of sp³-hybridized carbons (Fsp3) is 0.471. The van der Waals surface area contributed by atoms with Gasteiger partial charge in [0, 0.05) is 6.04 Å². The highest BCUT2D eigenvalue weighted by Gasteiger charge is 2.27. The van der Waals surface area contributed by atoms with Crippen LogP contribution in [0.15, 0.2) is 35.5 Å². The van der Waals surface area contributed by atoms with Gasteiger partial charge in [0.2, 0.25) is 5.16 Å². The molecular formula is C17H22N6OS2. The zero-order valence-electron chi connectivity index (χ0n) is 14.8. The summed E-state index contributed by atoms with van der Waals surface area (Å²) in [7, 11) is 0. The van der Waals surface area contributed by atoms with Gasteiger partial charge in [-0.25, -0.2) is 0 Å². The first kappa shape index (κ1) is 18.9. The van der Waals surface area contributed by atoms with Gasteiger partial charge in [-0.05, 0) is 67.6 Å². The smallest absolute Gasteiger partial charge is 0.221 e. The highest BCUT2D eigenvalue weighted by molar-refractivity contribution is 8.22. The van der Waals surface area contributed by atoms with Crippen LogP contribution < -0.4 is 5.32 Å². The molecule has 0 radical (unpaired) electrons. The first-order chi connectivity index (χ1) is 12.6. The van der Waals surface area contributed by atoms with Crippen molar-refractivity contribution in [2.45, 2.75) is 43.9 Å². The molecule has 0 aliphatic carbocycles. The van der Waals surface area contributed by atoms with Gasteiger partial charge in [-0.15, -0.1) is 5.10 Å². The minimum Gasteiger partial charge on any atom is -0.347 e. The van der Waals surface area contributed by atoms with Crippen LogP contribution in [0.2, 0.25) is 0 Å². The third-order valence-corrected chi connectivity index (χ3v) is 5.58. The van der Waals surface area contributed by atoms with Gasteiger partial charge >= 0.3 is 0 Å². The summed E-state index contributed by atoms with van der Waals surface area (Å²) in [5.41, 5.74) is 0.866. The maximum Gasteiger partial charge on any atom is 0.221 e. The fourth-order valence-electron chi connectivity index (χ4n) is 2.81. The lowest BCUT2D eigenvalue weighted by atomic mass is 10.1. The summed E-state index contributed by atoms with van der Waals surface area (Å²) in [6.07, 6.45) is 1.94. The van der Waals surface area contributed by atoms with Crippen molar-refractivity contribution in [2.75, 3.05) is 13.1 Å². The molecule has 138 valence electrons. The van der Waals surface area contributed by atoms with Crippen molar-refractivity contribution in [3.63, 3.8) is 0 Å². The molecule has 9 heteroatoms. The number of hydrogen-bond acceptors (Lipinski definition) is 7. The van der Waals surface area contributed by atoms with Crippen molar-refractivity contribution in [1.82, 2.24) is 30.4 Å². The van der Waals surface area contributed by atoms with Gasteiger partial charge in [0.15, 0.2) is 5.78 Å². The number of rotatable bonds is 6. The maximum atomic E-state index is 12.5. The monoisotopic (exact) mass is 390 g/mol. The lowest BCUT2D eigenvalue weighted by Gasteiger charge is -2.28. The normalized spacial score (nSPS) is 16.8. The van der Waals surface area contributed by atoms with E-state index in [9.17, 15) is 4.79 Å². The number of hydrogen-bond donors (Lipinski definition) is 1. The molecule has 3 rings (SSSR count). The molecule has 1 aliphatic rings. The molecule has 1 N–H and O–H groups in total. The molecule has 0 saturated carbocycles. The van der Waals surface area contributed by atoms with Crippen molar-refractivity contribution in [1.29, 1.82) is 0 Å². The number of aromatic nitrogens is 4. The molecule has 0 unspecified atom stereocenters. The molecule has 2 aromatic rings. The van der Waals surface area contributed by atoms with E-state index < -0.39 is 0 Å². The Morgan fingerprint density at radius 3 is 2.85 bits per heavy atom. The zero-order valence-corrected chi connectivity index (χ0v) is 16.5. The second kappa shape index (κ2) is 8.70. The minimum atomic E-state index is -0.0568. The molecule has 0 spiro atoms. The van der Waals surface area contributed by atoms with E-state index in [0.29, 0.717) is 16.0 Å². The number of nitrogens with one attached hydrogen (secondary N) is 1. The lowest BCUT2D eigenvalue weighted by Crippen LogP contribution is -2.44. The Hall–Kier alpha value is -1.84. The lowest BCUT2D eigenvalue weighted by molar-refractivity contribution is -0.121. The van der Waals surface area contributed by atoms with Crippen LogP contribution >= 0.6 is 24.0 Å². The van der Waals surface area contributed by atoms with Crippen molar-refractivity contribution in [2.24, 2.45) is 0 Å². The highest BCUT2D eigenvalue weighted by Crippen LogP contribution is 2.23. The number of ketones is 1. The van der Waals surface area contributed by atoms with E-state index in [1.54, 1.807) is 4.68 Å². The van der Waals surface area contributed by atoms with E-state index in [0.717, 1.165) is 25.1 Å². The van der Waals surface area contributed by atoms with E-state index in [-0.39, 0.29) is 17.9 Å². The fourth-order valence-corrected chi connectivity index (χ4v) is 4.16. The zero-order chi connectivity index (χ0) is 18.5. The van der Waals surface area contributed by atoms with Crippen molar-refractivity contribution in [3.8, 4) is 5.69 Å². The van der Waals surface area contributed by atoms with Gasteiger partial charge in [0.25, 0.3) is 0 Å². The van der Waals surface area contributed by atoms with Crippen LogP contribution in [-0.4, -0.2) is 60.4 Å². The van der Waals surface area contributed by atoms with Gasteiger partial charge in [-0.2, -0.15) is 4.68 Å². The molecule has 1 atom stereocenters. The quantitative estimate of drug-likeness (QED) is 0.593. The standard InChI is InChI=1S/C17H22N6OS2/c1-12(2)22(11-15(24)14-9-6-10-18-14)17(25)26-16-19-20-21-23(16)13-7-4-3-5-8-13/h3-5,7-8,12,14,18H,6,9-11H2,1-2H3/t14-/m0/s1. The van der Waals surface area contributed by atoms with Crippen LogP contribution in [0.5, 0.6) is 0 Å². The summed E-state index contributed by atoms with van der Waals surface area (Å²) in [6, 6.07) is 9.71. The second-order valence-electron chi connectivity index (χ2n) is 6.41. The van der Waals surface area contributed by atoms with Crippen LogP contribution in [0, 0.1) is 0 Å². The van der Waals surface area contributed by atoms with E-state index in [2.05, 4.69) is 20.8 Å². The SMILES string of the molecule is CC(C)N(CC(=O)[C@@H]1CCCN1)C(=S)Sc1nnnn1-c1ccccc1. The van der Waals surface area contributed by atoms with Gasteiger partial charge < -0.3 is 10.2 Å². The number of thiocarbonyl (C=S) groups is 1. The topological polar surface area (TPSA) is 75.9 Å². The van der Waals surface area contributed by atoms with E-state index in [1.807, 2.05) is 49.1 Å². The predicted octanol–water partition coefficient (Wildman–Crippen LogP) is 2.07. The number of nitrogens with zero attached hydrogens (tertiary/aromatic N) is 5. The van der Waals surface area contributed by atoms with Gasteiger partial charge in [0.1, 0.15) is 4.32 Å². The summed E-state index contributed by atoms with van der Waals surface area (Å²) in [5, 5.41) is 15.7. The summed E-state index contributed by atoms with van der Waals surface area (Å²) in [4.78, 5) is 14.5. The molecular weight excluding hydrogens is 368 g/mol. The average molecular weight is 391 g/mol. The second-order valence-corrected chi connectivity index (χ2v) is 8.01. The Bertz CT molecular complexity index is 758. The molecule has 1 fully saturated rings. The van der Waals surface area contributed by atoms with Gasteiger partial charge in [0.05, 0.1) is 18.3 Å². The largest absolute Gasteiger partial charge is 0.347 e. The Morgan fingerprint density at radius 1 is 1.42 bits per heavy atom. The molecule has 26 heavy (non-hydrogen) atoms. The van der Waals surface area contributed by atoms with Crippen LogP contribution in [0.25, 0.3) is 5.69 Å². The van der Waals surface area contributed by atoms with Crippen LogP contribution in [0.4, 0.5) is 0 Å². The van der Waals surface area contributed by atoms with Gasteiger partial charge in [-0.3, -0.25) is 4.79 Å². The third-order valence-electron chi connectivity index (χ3n) is 4.25. The predicted molar refractivity (Wildman–Crippen MR) is 105 cm³/mol. The number of carbonyl (C=O) groups excluding carboxylic acids is 1. The van der Waals surface area contributed by atoms with E-state index >= 15 is 0 Å². The van der Waals surface area contributed by atoms with Gasteiger partial charge in [-0.1, -0.05) is 30.4 Å². The number of benzene rings is 1. The van der Waals surface area contributed by atoms with Crippen molar-refractivity contribution >= 4 is 34.1 Å². The summed E-state index contributed by atoms with van der Waals surface area (Å²) < 4.78 is 2.24. The first-order valence-corrected chi connectivity index (χ1v) is 9.87. The molecule has 0 amide bonds. The molecule has 1 aromatic carbocycles. The van der Waals surface area contributed by atoms with Crippen LogP contribution in [0.3, 0.4) is 0 Å². The molecule has 1 aromatic heterocycles. The molecule has 2 heterocycles. The number of carbonyl (C=O) groups is 1. The summed E-state index contributed by atoms with van der Waals surface area (Å²) in [6.45, 7) is 5.27. The maximum absolute atomic E-state index is 12.5. The van der Waals surface area contributed by atoms with Crippen LogP contribution in [-0.2, 0) is 4.79 Å². The highest BCUT2D eigenvalue weighted by atomic mass is 32.2. The Balaban J connectivity index is 1.71. The first-order valence-electron chi connectivity index (χ1n) is 8.64. The Morgan fingerprint density at radius 2 is 2.19 bits per heavy atom. The molecule has 1 aliphatic heterocycles. The number of Topliss-reactive ketones (excluding diaryl/α,β-unsaturated/α-hetero) is 1. The van der Waals surface area contributed by atoms with Crippen molar-refractivity contribution in [3.05, 3.63) is 30.3 Å². The summed E-state index contributed by atoms with van der Waals surface area (Å²) in [5.74, 6) is 0.182. The molecule has 0 bridgehead atoms. The van der Waals surface area contributed by atoms with Crippen molar-refractivity contribution < 1.29 is 4.79 Å². The molecule has 7 nitrogen and oxygen atoms in total. The third kappa shape index (κ3) is 4.46. The molecule has 1 saturated heterocycles. The Labute approximate surface area is 162 Å². The number of thioether (sulfide) groups is 1. The van der Waals surface area contributed by atoms with E-state index in [1.165, 1.54) is 11.8 Å². The minimum absolute atomic E-state index is 0.0568. The Kier molecular flexibility index (Phi) is 6.33. The summed E-state index contributed by atoms with van der Waals surface area (Å²) >= 11 is 6.91. The number of para-hydroxylation sites is 1. The number of tetrazole rings is 1.